The molecule has 0 atom stereocenters. The fourth-order valence-corrected chi connectivity index (χ4v) is 0. The van der Waals surface area contributed by atoms with Crippen LogP contribution in [0.1, 0.15) is 27.7 Å². The highest BCUT2D eigenvalue weighted by atomic mass is 32.1. The van der Waals surface area contributed by atoms with Gasteiger partial charge in [0, 0.05) is 0 Å². The molecule has 0 amide bonds. The van der Waals surface area contributed by atoms with Crippen LogP contribution >= 0.6 is 0 Å². The molecule has 50 valence electrons. The SMILES string of the molecule is CC(C)([S-])C(C)(C)[S-]. The molecule has 0 nitrogen and oxygen atoms in total. The third-order valence-electron chi connectivity index (χ3n) is 1.45. The molecule has 0 unspecified atom stereocenters. The Bertz CT molecular complexity index is 61.5. The lowest BCUT2D eigenvalue weighted by Crippen LogP contribution is -2.40. The van der Waals surface area contributed by atoms with E-state index in [1.165, 1.54) is 0 Å². The Balaban J connectivity index is 4.02. The average molecular weight is 148 g/mol. The Morgan fingerprint density at radius 1 is 0.750 bits per heavy atom. The standard InChI is InChI=1S/C6H14S2/c1-5(2,7)6(3,4)8/h7-8H,1-4H3/p-2. The molecule has 0 radical (unpaired) electrons. The van der Waals surface area contributed by atoms with E-state index in [0.29, 0.717) is 0 Å². The lowest BCUT2D eigenvalue weighted by molar-refractivity contribution is 0.558. The van der Waals surface area contributed by atoms with E-state index in [9.17, 15) is 0 Å². The number of hydrogen-bond donors (Lipinski definition) is 0. The van der Waals surface area contributed by atoms with Crippen molar-refractivity contribution in [1.82, 2.24) is 0 Å². The molecule has 0 rings (SSSR count). The highest BCUT2D eigenvalue weighted by Crippen LogP contribution is 2.22. The van der Waals surface area contributed by atoms with Gasteiger partial charge in [0.25, 0.3) is 0 Å². The van der Waals surface area contributed by atoms with Gasteiger partial charge in [0.15, 0.2) is 0 Å². The molecule has 0 aromatic rings. The first-order chi connectivity index (χ1) is 3.25. The minimum Gasteiger partial charge on any atom is -0.788 e. The molecule has 0 heterocycles. The van der Waals surface area contributed by atoms with Crippen molar-refractivity contribution in [3.8, 4) is 0 Å². The van der Waals surface area contributed by atoms with Gasteiger partial charge in [-0.3, -0.25) is 0 Å². The second-order valence-electron chi connectivity index (χ2n) is 3.02. The minimum atomic E-state index is -0.164. The Hall–Kier alpha value is 0.700. The summed E-state index contributed by atoms with van der Waals surface area (Å²) in [4.78, 5) is 0. The van der Waals surface area contributed by atoms with E-state index in [1.807, 2.05) is 27.7 Å². The molecule has 8 heavy (non-hydrogen) atoms. The summed E-state index contributed by atoms with van der Waals surface area (Å²) in [6.07, 6.45) is 0. The summed E-state index contributed by atoms with van der Waals surface area (Å²) in [7, 11) is 0. The highest BCUT2D eigenvalue weighted by molar-refractivity contribution is 7.65. The van der Waals surface area contributed by atoms with Crippen molar-refractivity contribution in [2.24, 2.45) is 0 Å². The van der Waals surface area contributed by atoms with E-state index in [1.54, 1.807) is 0 Å². The zero-order valence-corrected chi connectivity index (χ0v) is 7.45. The summed E-state index contributed by atoms with van der Waals surface area (Å²) in [6, 6.07) is 0. The largest absolute Gasteiger partial charge is 0.788 e. The van der Waals surface area contributed by atoms with Gasteiger partial charge in [0.1, 0.15) is 0 Å². The van der Waals surface area contributed by atoms with Crippen LogP contribution in [-0.4, -0.2) is 9.49 Å². The molecule has 0 aliphatic rings. The van der Waals surface area contributed by atoms with Crippen LogP contribution in [0.15, 0.2) is 0 Å². The van der Waals surface area contributed by atoms with Crippen LogP contribution in [0, 0.1) is 0 Å². The van der Waals surface area contributed by atoms with Crippen molar-refractivity contribution in [3.05, 3.63) is 0 Å². The van der Waals surface area contributed by atoms with Gasteiger partial charge >= 0.3 is 0 Å². The normalized spacial score (nSPS) is 14.2. The van der Waals surface area contributed by atoms with Crippen molar-refractivity contribution in [2.45, 2.75) is 37.2 Å². The smallest absolute Gasteiger partial charge is 0.0834 e. The first-order valence-corrected chi connectivity index (χ1v) is 3.47. The third-order valence-corrected chi connectivity index (χ3v) is 2.60. The predicted molar refractivity (Wildman–Crippen MR) is 42.9 cm³/mol. The topological polar surface area (TPSA) is 0 Å². The van der Waals surface area contributed by atoms with Gasteiger partial charge in [-0.05, 0) is 0 Å². The van der Waals surface area contributed by atoms with Crippen LogP contribution in [0.4, 0.5) is 0 Å². The van der Waals surface area contributed by atoms with Crippen LogP contribution < -0.4 is 0 Å². The number of rotatable bonds is 1. The molecule has 0 aliphatic carbocycles. The maximum Gasteiger partial charge on any atom is -0.0834 e. The average Bonchev–Trinajstić information content (AvgIpc) is 1.25. The van der Waals surface area contributed by atoms with Crippen molar-refractivity contribution in [2.75, 3.05) is 0 Å². The fourth-order valence-electron chi connectivity index (χ4n) is 0. The second-order valence-corrected chi connectivity index (χ2v) is 5.06. The summed E-state index contributed by atoms with van der Waals surface area (Å²) < 4.78 is -0.329. The summed E-state index contributed by atoms with van der Waals surface area (Å²) >= 11 is 10.2. The Morgan fingerprint density at radius 2 is 0.875 bits per heavy atom. The molecular formula is C6H12S2-2. The zero-order valence-electron chi connectivity index (χ0n) is 5.82. The second kappa shape index (κ2) is 2.14. The summed E-state index contributed by atoms with van der Waals surface area (Å²) in [5, 5.41) is 0. The Labute approximate surface area is 62.9 Å². The van der Waals surface area contributed by atoms with Crippen molar-refractivity contribution < 1.29 is 0 Å². The van der Waals surface area contributed by atoms with E-state index in [2.05, 4.69) is 0 Å². The molecule has 0 saturated heterocycles. The lowest BCUT2D eigenvalue weighted by Gasteiger charge is -2.55. The molecular weight excluding hydrogens is 136 g/mol. The van der Waals surface area contributed by atoms with Crippen molar-refractivity contribution >= 4 is 25.3 Å². The van der Waals surface area contributed by atoms with Crippen molar-refractivity contribution in [1.29, 1.82) is 0 Å². The minimum absolute atomic E-state index is 0.164. The van der Waals surface area contributed by atoms with Gasteiger partial charge in [-0.2, -0.15) is 9.49 Å². The molecule has 0 aliphatic heterocycles. The van der Waals surface area contributed by atoms with Crippen LogP contribution in [0.25, 0.3) is 0 Å². The Kier molecular flexibility index (Phi) is 2.33. The lowest BCUT2D eigenvalue weighted by atomic mass is 9.98. The molecule has 0 aromatic heterocycles. The quantitative estimate of drug-likeness (QED) is 0.518. The molecule has 0 bridgehead atoms. The summed E-state index contributed by atoms with van der Waals surface area (Å²) in [6.45, 7) is 7.93. The van der Waals surface area contributed by atoms with Gasteiger partial charge in [-0.15, -0.1) is 0 Å². The van der Waals surface area contributed by atoms with Crippen molar-refractivity contribution in [3.63, 3.8) is 0 Å². The monoisotopic (exact) mass is 148 g/mol. The fraction of sp³-hybridized carbons (Fsp3) is 1.00. The summed E-state index contributed by atoms with van der Waals surface area (Å²) in [5.74, 6) is 0. The van der Waals surface area contributed by atoms with E-state index in [4.69, 9.17) is 25.3 Å². The molecule has 2 heteroatoms. The van der Waals surface area contributed by atoms with Crippen LogP contribution in [0.5, 0.6) is 0 Å². The van der Waals surface area contributed by atoms with Gasteiger partial charge in [-0.1, -0.05) is 27.7 Å². The van der Waals surface area contributed by atoms with Gasteiger partial charge in [-0.25, -0.2) is 0 Å². The molecule has 0 aromatic carbocycles. The molecule has 0 N–H and O–H groups in total. The Morgan fingerprint density at radius 3 is 0.875 bits per heavy atom. The maximum absolute atomic E-state index is 5.12. The maximum atomic E-state index is 5.12. The van der Waals surface area contributed by atoms with Gasteiger partial charge in [0.2, 0.25) is 0 Å². The highest BCUT2D eigenvalue weighted by Gasteiger charge is 2.10. The van der Waals surface area contributed by atoms with Crippen LogP contribution in [-0.2, 0) is 25.3 Å². The molecule has 0 saturated carbocycles. The first kappa shape index (κ1) is 8.70. The van der Waals surface area contributed by atoms with Gasteiger partial charge in [0.05, 0.1) is 0 Å². The predicted octanol–water partition coefficient (Wildman–Crippen LogP) is 1.64. The molecule has 0 spiro atoms. The molecule has 0 fully saturated rings. The van der Waals surface area contributed by atoms with Crippen LogP contribution in [0.3, 0.4) is 0 Å². The van der Waals surface area contributed by atoms with Crippen LogP contribution in [0.2, 0.25) is 0 Å². The zero-order chi connectivity index (χ0) is 7.00. The third kappa shape index (κ3) is 2.31. The van der Waals surface area contributed by atoms with E-state index >= 15 is 0 Å². The number of hydrogen-bond acceptors (Lipinski definition) is 2. The van der Waals surface area contributed by atoms with E-state index in [0.717, 1.165) is 0 Å². The summed E-state index contributed by atoms with van der Waals surface area (Å²) in [5.41, 5.74) is 0. The van der Waals surface area contributed by atoms with E-state index < -0.39 is 0 Å². The van der Waals surface area contributed by atoms with Gasteiger partial charge < -0.3 is 25.3 Å². The van der Waals surface area contributed by atoms with E-state index in [-0.39, 0.29) is 9.49 Å². The first-order valence-electron chi connectivity index (χ1n) is 2.66.